The van der Waals surface area contributed by atoms with E-state index in [0.29, 0.717) is 5.82 Å². The summed E-state index contributed by atoms with van der Waals surface area (Å²) < 4.78 is 1.91. The molecule has 0 aliphatic rings. The van der Waals surface area contributed by atoms with Crippen molar-refractivity contribution in [1.29, 1.82) is 0 Å². The lowest BCUT2D eigenvalue weighted by Gasteiger charge is -1.91. The van der Waals surface area contributed by atoms with Gasteiger partial charge in [0.05, 0.1) is 6.20 Å². The topological polar surface area (TPSA) is 56.2 Å². The predicted molar refractivity (Wildman–Crippen MR) is 42.1 cm³/mol. The molecular formula is C7H8N4. The molecule has 0 saturated heterocycles. The van der Waals surface area contributed by atoms with Crippen LogP contribution in [0.25, 0.3) is 5.52 Å². The number of imidazole rings is 1. The van der Waals surface area contributed by atoms with E-state index in [2.05, 4.69) is 9.97 Å². The Hall–Kier alpha value is -1.58. The first-order valence-electron chi connectivity index (χ1n) is 3.33. The first-order valence-corrected chi connectivity index (χ1v) is 3.33. The SMILES string of the molecule is Cc1nc(N)c2cnccn12. The molecule has 2 N–H and O–H groups in total. The van der Waals surface area contributed by atoms with Gasteiger partial charge in [0.2, 0.25) is 0 Å². The Morgan fingerprint density at radius 2 is 2.36 bits per heavy atom. The Morgan fingerprint density at radius 1 is 1.55 bits per heavy atom. The number of nitrogen functional groups attached to an aromatic ring is 1. The fourth-order valence-electron chi connectivity index (χ4n) is 1.12. The van der Waals surface area contributed by atoms with Gasteiger partial charge in [0.25, 0.3) is 0 Å². The third-order valence-electron chi connectivity index (χ3n) is 1.65. The quantitative estimate of drug-likeness (QED) is 0.595. The number of hydrogen-bond acceptors (Lipinski definition) is 3. The standard InChI is InChI=1S/C7H8N4/c1-5-10-7(8)6-4-9-2-3-11(5)6/h2-4H,8H2,1H3. The van der Waals surface area contributed by atoms with Crippen LogP contribution in [0, 0.1) is 6.92 Å². The van der Waals surface area contributed by atoms with Crippen LogP contribution in [-0.4, -0.2) is 14.4 Å². The number of anilines is 1. The van der Waals surface area contributed by atoms with Crippen LogP contribution in [0.3, 0.4) is 0 Å². The summed E-state index contributed by atoms with van der Waals surface area (Å²) in [5.41, 5.74) is 6.47. The fourth-order valence-corrected chi connectivity index (χ4v) is 1.12. The average molecular weight is 148 g/mol. The summed E-state index contributed by atoms with van der Waals surface area (Å²) >= 11 is 0. The van der Waals surface area contributed by atoms with Crippen molar-refractivity contribution >= 4 is 11.3 Å². The summed E-state index contributed by atoms with van der Waals surface area (Å²) in [6, 6.07) is 0. The molecule has 0 aromatic carbocycles. The molecule has 4 heteroatoms. The highest BCUT2D eigenvalue weighted by atomic mass is 15.1. The van der Waals surface area contributed by atoms with Gasteiger partial charge in [-0.15, -0.1) is 0 Å². The molecule has 0 amide bonds. The maximum Gasteiger partial charge on any atom is 0.151 e. The third kappa shape index (κ3) is 0.756. The number of rotatable bonds is 0. The fraction of sp³-hybridized carbons (Fsp3) is 0.143. The van der Waals surface area contributed by atoms with Crippen LogP contribution in [-0.2, 0) is 0 Å². The second kappa shape index (κ2) is 1.95. The van der Waals surface area contributed by atoms with Crippen molar-refractivity contribution in [3.8, 4) is 0 Å². The molecule has 2 aromatic heterocycles. The predicted octanol–water partition coefficient (Wildman–Crippen LogP) is 0.620. The molecule has 0 radical (unpaired) electrons. The molecule has 11 heavy (non-hydrogen) atoms. The molecule has 56 valence electrons. The maximum absolute atomic E-state index is 5.61. The zero-order valence-corrected chi connectivity index (χ0v) is 6.15. The molecule has 2 rings (SSSR count). The molecular weight excluding hydrogens is 140 g/mol. The monoisotopic (exact) mass is 148 g/mol. The average Bonchev–Trinajstić information content (AvgIpc) is 2.30. The van der Waals surface area contributed by atoms with Crippen LogP contribution in [0.4, 0.5) is 5.82 Å². The number of nitrogens with two attached hydrogens (primary N) is 1. The van der Waals surface area contributed by atoms with Crippen LogP contribution in [0.15, 0.2) is 18.6 Å². The largest absolute Gasteiger partial charge is 0.382 e. The van der Waals surface area contributed by atoms with Crippen LogP contribution >= 0.6 is 0 Å². The van der Waals surface area contributed by atoms with Crippen LogP contribution < -0.4 is 5.73 Å². The molecule has 0 bridgehead atoms. The lowest BCUT2D eigenvalue weighted by atomic mass is 10.5. The van der Waals surface area contributed by atoms with E-state index in [0.717, 1.165) is 11.3 Å². The molecule has 2 aromatic rings. The first kappa shape index (κ1) is 6.15. The minimum Gasteiger partial charge on any atom is -0.382 e. The van der Waals surface area contributed by atoms with E-state index in [4.69, 9.17) is 5.73 Å². The number of aryl methyl sites for hydroxylation is 1. The van der Waals surface area contributed by atoms with E-state index in [-0.39, 0.29) is 0 Å². The zero-order chi connectivity index (χ0) is 7.84. The van der Waals surface area contributed by atoms with Gasteiger partial charge in [-0.05, 0) is 6.92 Å². The molecule has 0 aliphatic carbocycles. The van der Waals surface area contributed by atoms with Crippen molar-refractivity contribution in [3.63, 3.8) is 0 Å². The van der Waals surface area contributed by atoms with Crippen molar-refractivity contribution in [2.45, 2.75) is 6.92 Å². The van der Waals surface area contributed by atoms with Gasteiger partial charge in [0.1, 0.15) is 11.3 Å². The molecule has 0 saturated carbocycles. The lowest BCUT2D eigenvalue weighted by molar-refractivity contribution is 1.03. The van der Waals surface area contributed by atoms with Gasteiger partial charge in [-0.1, -0.05) is 0 Å². The Balaban J connectivity index is 2.95. The lowest BCUT2D eigenvalue weighted by Crippen LogP contribution is -1.87. The summed E-state index contributed by atoms with van der Waals surface area (Å²) in [6.07, 6.45) is 5.25. The third-order valence-corrected chi connectivity index (χ3v) is 1.65. The summed E-state index contributed by atoms with van der Waals surface area (Å²) in [4.78, 5) is 8.04. The number of fused-ring (bicyclic) bond motifs is 1. The molecule has 0 spiro atoms. The maximum atomic E-state index is 5.61. The Morgan fingerprint density at radius 3 is 3.09 bits per heavy atom. The minimum absolute atomic E-state index is 0.538. The number of hydrogen-bond donors (Lipinski definition) is 1. The van der Waals surface area contributed by atoms with Crippen LogP contribution in [0.2, 0.25) is 0 Å². The van der Waals surface area contributed by atoms with E-state index in [1.165, 1.54) is 0 Å². The molecule has 0 unspecified atom stereocenters. The normalized spacial score (nSPS) is 10.6. The van der Waals surface area contributed by atoms with E-state index < -0.39 is 0 Å². The van der Waals surface area contributed by atoms with Crippen molar-refractivity contribution in [1.82, 2.24) is 14.4 Å². The highest BCUT2D eigenvalue weighted by Crippen LogP contribution is 2.11. The summed E-state index contributed by atoms with van der Waals surface area (Å²) in [5.74, 6) is 1.43. The van der Waals surface area contributed by atoms with Crippen molar-refractivity contribution in [3.05, 3.63) is 24.4 Å². The van der Waals surface area contributed by atoms with E-state index in [9.17, 15) is 0 Å². The molecule has 2 heterocycles. The van der Waals surface area contributed by atoms with E-state index in [1.54, 1.807) is 12.4 Å². The molecule has 4 nitrogen and oxygen atoms in total. The van der Waals surface area contributed by atoms with Crippen LogP contribution in [0.1, 0.15) is 5.82 Å². The van der Waals surface area contributed by atoms with Gasteiger partial charge in [0.15, 0.2) is 5.82 Å². The Kier molecular flexibility index (Phi) is 1.09. The van der Waals surface area contributed by atoms with Crippen LogP contribution in [0.5, 0.6) is 0 Å². The highest BCUT2D eigenvalue weighted by molar-refractivity contribution is 5.64. The minimum atomic E-state index is 0.538. The Labute approximate surface area is 63.7 Å². The number of nitrogens with zero attached hydrogens (tertiary/aromatic N) is 3. The second-order valence-corrected chi connectivity index (χ2v) is 2.38. The summed E-state index contributed by atoms with van der Waals surface area (Å²) in [5, 5.41) is 0. The molecule has 0 aliphatic heterocycles. The van der Waals surface area contributed by atoms with Gasteiger partial charge in [-0.25, -0.2) is 4.98 Å². The van der Waals surface area contributed by atoms with Crippen molar-refractivity contribution in [2.24, 2.45) is 0 Å². The summed E-state index contributed by atoms with van der Waals surface area (Å²) in [6.45, 7) is 1.91. The smallest absolute Gasteiger partial charge is 0.151 e. The highest BCUT2D eigenvalue weighted by Gasteiger charge is 2.02. The van der Waals surface area contributed by atoms with E-state index in [1.807, 2.05) is 17.5 Å². The van der Waals surface area contributed by atoms with Gasteiger partial charge < -0.3 is 5.73 Å². The van der Waals surface area contributed by atoms with Gasteiger partial charge in [-0.2, -0.15) is 0 Å². The van der Waals surface area contributed by atoms with E-state index >= 15 is 0 Å². The van der Waals surface area contributed by atoms with Crippen molar-refractivity contribution < 1.29 is 0 Å². The van der Waals surface area contributed by atoms with Gasteiger partial charge in [-0.3, -0.25) is 9.38 Å². The summed E-state index contributed by atoms with van der Waals surface area (Å²) in [7, 11) is 0. The molecule has 0 atom stereocenters. The number of aromatic nitrogens is 3. The zero-order valence-electron chi connectivity index (χ0n) is 6.15. The van der Waals surface area contributed by atoms with Gasteiger partial charge in [0, 0.05) is 12.4 Å². The Bertz CT molecular complexity index is 354. The van der Waals surface area contributed by atoms with Gasteiger partial charge >= 0.3 is 0 Å². The van der Waals surface area contributed by atoms with Crippen molar-refractivity contribution in [2.75, 3.05) is 5.73 Å². The second-order valence-electron chi connectivity index (χ2n) is 2.38. The molecule has 0 fully saturated rings. The first-order chi connectivity index (χ1) is 5.29.